The monoisotopic (exact) mass is 453 g/mol. The molecule has 1 N–H and O–H groups in total. The van der Waals surface area contributed by atoms with E-state index in [0.29, 0.717) is 31.0 Å². The molecule has 172 valence electrons. The molecule has 1 aliphatic rings. The molecule has 1 saturated heterocycles. The number of hydrogen-bond donors (Lipinski definition) is 1. The average molecular weight is 454 g/mol. The fraction of sp³-hybridized carbons (Fsp3) is 0.462. The second-order valence-electron chi connectivity index (χ2n) is 8.67. The standard InChI is InChI=1S/C26H35N3O2S/c1-20(2)22-11-9-21(10-12-22)19-28-14-16-29(17-15-28)26(31)24(13-18-32-3)27-25(30)23-7-5-4-6-8-23/h4-12,20,24H,13-19H2,1-3H3,(H,27,30). The number of rotatable bonds is 9. The zero-order valence-electron chi connectivity index (χ0n) is 19.4. The van der Waals surface area contributed by atoms with Crippen LogP contribution in [0.4, 0.5) is 0 Å². The lowest BCUT2D eigenvalue weighted by Crippen LogP contribution is -2.54. The van der Waals surface area contributed by atoms with Gasteiger partial charge in [-0.05, 0) is 47.6 Å². The predicted molar refractivity (Wildman–Crippen MR) is 133 cm³/mol. The van der Waals surface area contributed by atoms with Gasteiger partial charge >= 0.3 is 0 Å². The van der Waals surface area contributed by atoms with Crippen LogP contribution in [-0.2, 0) is 11.3 Å². The largest absolute Gasteiger partial charge is 0.340 e. The maximum Gasteiger partial charge on any atom is 0.251 e. The number of carbonyl (C=O) groups is 2. The van der Waals surface area contributed by atoms with Crippen molar-refractivity contribution in [3.63, 3.8) is 0 Å². The lowest BCUT2D eigenvalue weighted by molar-refractivity contribution is -0.135. The first kappa shape index (κ1) is 24.3. The van der Waals surface area contributed by atoms with Gasteiger partial charge in [-0.25, -0.2) is 0 Å². The Morgan fingerprint density at radius 1 is 0.969 bits per heavy atom. The van der Waals surface area contributed by atoms with Gasteiger partial charge in [0.1, 0.15) is 6.04 Å². The zero-order valence-corrected chi connectivity index (χ0v) is 20.2. The molecule has 1 atom stereocenters. The molecule has 0 aliphatic carbocycles. The molecule has 0 radical (unpaired) electrons. The molecule has 0 bridgehead atoms. The van der Waals surface area contributed by atoms with E-state index in [1.165, 1.54) is 11.1 Å². The Hall–Kier alpha value is -2.31. The number of benzene rings is 2. The summed E-state index contributed by atoms with van der Waals surface area (Å²) in [5.74, 6) is 1.22. The predicted octanol–water partition coefficient (Wildman–Crippen LogP) is 4.01. The van der Waals surface area contributed by atoms with Crippen LogP contribution >= 0.6 is 11.8 Å². The topological polar surface area (TPSA) is 52.7 Å². The van der Waals surface area contributed by atoms with Crippen molar-refractivity contribution in [2.45, 2.75) is 38.8 Å². The zero-order chi connectivity index (χ0) is 22.9. The van der Waals surface area contributed by atoms with Crippen LogP contribution in [0, 0.1) is 0 Å². The number of hydrogen-bond acceptors (Lipinski definition) is 4. The number of nitrogens with zero attached hydrogens (tertiary/aromatic N) is 2. The Morgan fingerprint density at radius 2 is 1.62 bits per heavy atom. The Balaban J connectivity index is 1.54. The normalized spacial score (nSPS) is 15.6. The summed E-state index contributed by atoms with van der Waals surface area (Å²) in [6, 6.07) is 17.5. The molecule has 2 aromatic rings. The summed E-state index contributed by atoms with van der Waals surface area (Å²) < 4.78 is 0. The second kappa shape index (κ2) is 12.1. The van der Waals surface area contributed by atoms with Crippen LogP contribution in [0.1, 0.15) is 47.7 Å². The molecule has 1 fully saturated rings. The van der Waals surface area contributed by atoms with Gasteiger partial charge in [-0.1, -0.05) is 56.3 Å². The first-order chi connectivity index (χ1) is 15.5. The first-order valence-electron chi connectivity index (χ1n) is 11.4. The minimum absolute atomic E-state index is 0.0317. The number of nitrogens with one attached hydrogen (secondary N) is 1. The van der Waals surface area contributed by atoms with Crippen molar-refractivity contribution in [1.82, 2.24) is 15.1 Å². The third kappa shape index (κ3) is 6.84. The SMILES string of the molecule is CSCCC(NC(=O)c1ccccc1)C(=O)N1CCN(Cc2ccc(C(C)C)cc2)CC1. The van der Waals surface area contributed by atoms with Crippen LogP contribution in [0.5, 0.6) is 0 Å². The Bertz CT molecular complexity index is 862. The van der Waals surface area contributed by atoms with Crippen molar-refractivity contribution in [2.24, 2.45) is 0 Å². The molecule has 1 unspecified atom stereocenters. The van der Waals surface area contributed by atoms with E-state index < -0.39 is 6.04 Å². The van der Waals surface area contributed by atoms with Gasteiger partial charge < -0.3 is 10.2 Å². The summed E-state index contributed by atoms with van der Waals surface area (Å²) in [5.41, 5.74) is 3.25. The third-order valence-corrected chi connectivity index (χ3v) is 6.63. The van der Waals surface area contributed by atoms with Crippen LogP contribution in [0.25, 0.3) is 0 Å². The van der Waals surface area contributed by atoms with E-state index >= 15 is 0 Å². The molecule has 5 nitrogen and oxygen atoms in total. The molecule has 0 saturated carbocycles. The van der Waals surface area contributed by atoms with E-state index in [4.69, 9.17) is 0 Å². The fourth-order valence-electron chi connectivity index (χ4n) is 3.94. The van der Waals surface area contributed by atoms with E-state index in [2.05, 4.69) is 48.3 Å². The van der Waals surface area contributed by atoms with E-state index in [9.17, 15) is 9.59 Å². The molecule has 2 aromatic carbocycles. The van der Waals surface area contributed by atoms with E-state index in [1.807, 2.05) is 29.4 Å². The van der Waals surface area contributed by atoms with Gasteiger partial charge in [-0.2, -0.15) is 11.8 Å². The summed E-state index contributed by atoms with van der Waals surface area (Å²) in [6.07, 6.45) is 2.66. The lowest BCUT2D eigenvalue weighted by atomic mass is 10.0. The van der Waals surface area contributed by atoms with Gasteiger partial charge in [-0.15, -0.1) is 0 Å². The molecule has 0 aromatic heterocycles. The minimum Gasteiger partial charge on any atom is -0.340 e. The van der Waals surface area contributed by atoms with Crippen molar-refractivity contribution in [3.05, 3.63) is 71.3 Å². The Labute approximate surface area is 196 Å². The maximum atomic E-state index is 13.2. The molecule has 2 amide bonds. The lowest BCUT2D eigenvalue weighted by Gasteiger charge is -2.36. The van der Waals surface area contributed by atoms with Crippen LogP contribution in [0.2, 0.25) is 0 Å². The number of carbonyl (C=O) groups excluding carboxylic acids is 2. The molecular weight excluding hydrogens is 418 g/mol. The van der Waals surface area contributed by atoms with E-state index in [0.717, 1.165) is 25.4 Å². The summed E-state index contributed by atoms with van der Waals surface area (Å²) >= 11 is 1.69. The first-order valence-corrected chi connectivity index (χ1v) is 12.8. The van der Waals surface area contributed by atoms with Gasteiger partial charge in [-0.3, -0.25) is 14.5 Å². The highest BCUT2D eigenvalue weighted by Crippen LogP contribution is 2.17. The number of thioether (sulfide) groups is 1. The smallest absolute Gasteiger partial charge is 0.251 e. The summed E-state index contributed by atoms with van der Waals surface area (Å²) in [4.78, 5) is 30.2. The summed E-state index contributed by atoms with van der Waals surface area (Å²) in [7, 11) is 0. The highest BCUT2D eigenvalue weighted by Gasteiger charge is 2.28. The molecule has 3 rings (SSSR count). The highest BCUT2D eigenvalue weighted by molar-refractivity contribution is 7.98. The second-order valence-corrected chi connectivity index (χ2v) is 9.66. The molecule has 1 heterocycles. The molecule has 6 heteroatoms. The van der Waals surface area contributed by atoms with Gasteiger partial charge in [0.2, 0.25) is 5.91 Å². The molecular formula is C26H35N3O2S. The van der Waals surface area contributed by atoms with Gasteiger partial charge in [0, 0.05) is 38.3 Å². The van der Waals surface area contributed by atoms with E-state index in [1.54, 1.807) is 23.9 Å². The van der Waals surface area contributed by atoms with Crippen LogP contribution in [-0.4, -0.2) is 65.8 Å². The van der Waals surface area contributed by atoms with Gasteiger partial charge in [0.05, 0.1) is 0 Å². The van der Waals surface area contributed by atoms with Gasteiger partial charge in [0.15, 0.2) is 0 Å². The fourth-order valence-corrected chi connectivity index (χ4v) is 4.41. The highest BCUT2D eigenvalue weighted by atomic mass is 32.2. The van der Waals surface area contributed by atoms with Crippen molar-refractivity contribution in [2.75, 3.05) is 38.2 Å². The molecule has 0 spiro atoms. The Morgan fingerprint density at radius 3 is 2.22 bits per heavy atom. The van der Waals surface area contributed by atoms with Crippen molar-refractivity contribution >= 4 is 23.6 Å². The third-order valence-electron chi connectivity index (χ3n) is 5.99. The van der Waals surface area contributed by atoms with Crippen molar-refractivity contribution in [1.29, 1.82) is 0 Å². The quantitative estimate of drug-likeness (QED) is 0.623. The average Bonchev–Trinajstić information content (AvgIpc) is 2.82. The summed E-state index contributed by atoms with van der Waals surface area (Å²) in [6.45, 7) is 8.40. The molecule has 1 aliphatic heterocycles. The van der Waals surface area contributed by atoms with Crippen LogP contribution in [0.15, 0.2) is 54.6 Å². The number of amides is 2. The van der Waals surface area contributed by atoms with Crippen molar-refractivity contribution in [3.8, 4) is 0 Å². The van der Waals surface area contributed by atoms with E-state index in [-0.39, 0.29) is 11.8 Å². The Kier molecular flexibility index (Phi) is 9.18. The van der Waals surface area contributed by atoms with Gasteiger partial charge in [0.25, 0.3) is 5.91 Å². The number of piperazine rings is 1. The maximum absolute atomic E-state index is 13.2. The van der Waals surface area contributed by atoms with Crippen molar-refractivity contribution < 1.29 is 9.59 Å². The van der Waals surface area contributed by atoms with Crippen LogP contribution in [0.3, 0.4) is 0 Å². The molecule has 32 heavy (non-hydrogen) atoms. The minimum atomic E-state index is -0.481. The van der Waals surface area contributed by atoms with Crippen LogP contribution < -0.4 is 5.32 Å². The summed E-state index contributed by atoms with van der Waals surface area (Å²) in [5, 5.41) is 2.97.